The molecular weight excluding hydrogens is 286 g/mol. The molecule has 0 aromatic carbocycles. The molecule has 0 atom stereocenters. The monoisotopic (exact) mass is 309 g/mol. The number of rotatable bonds is 7. The second kappa shape index (κ2) is 8.21. The number of carbonyl (C=O) groups is 2. The summed E-state index contributed by atoms with van der Waals surface area (Å²) in [5.41, 5.74) is 2.63. The van der Waals surface area contributed by atoms with Gasteiger partial charge in [0.15, 0.2) is 0 Å². The molecule has 0 radical (unpaired) electrons. The molecular formula is C15H23N3O4. The molecule has 1 heterocycles. The third-order valence-electron chi connectivity index (χ3n) is 3.33. The molecule has 0 aliphatic heterocycles. The fourth-order valence-electron chi connectivity index (χ4n) is 2.10. The number of methoxy groups -OCH3 is 1. The number of carboxylic acid groups (broad SMARTS) is 1. The first-order chi connectivity index (χ1) is 10.4. The molecule has 122 valence electrons. The molecule has 0 bridgehead atoms. The largest absolute Gasteiger partial charge is 0.496 e. The molecule has 1 aromatic heterocycles. The Hall–Kier alpha value is -2.31. The second-order valence-electron chi connectivity index (χ2n) is 5.13. The molecule has 1 rings (SSSR count). The smallest absolute Gasteiger partial charge is 0.317 e. The molecule has 2 amide bonds. The van der Waals surface area contributed by atoms with Crippen LogP contribution in [0.3, 0.4) is 0 Å². The summed E-state index contributed by atoms with van der Waals surface area (Å²) in [7, 11) is 3.28. The number of aliphatic carboxylic acids is 1. The lowest BCUT2D eigenvalue weighted by atomic mass is 10.1. The summed E-state index contributed by atoms with van der Waals surface area (Å²) in [5.74, 6) is -0.0885. The number of aryl methyl sites for hydroxylation is 1. The zero-order valence-electron chi connectivity index (χ0n) is 13.5. The average Bonchev–Trinajstić information content (AvgIpc) is 2.46. The van der Waals surface area contributed by atoms with Crippen molar-refractivity contribution in [3.63, 3.8) is 0 Å². The van der Waals surface area contributed by atoms with Gasteiger partial charge in [0.1, 0.15) is 5.75 Å². The standard InChI is InChI=1S/C15H23N3O4/c1-10-8-17-12(11(2)14(10)22-4)9-18(3)15(21)16-7-5-6-13(19)20/h8H,5-7,9H2,1-4H3,(H,16,21)(H,19,20). The SMILES string of the molecule is COc1c(C)cnc(CN(C)C(=O)NCCCC(=O)O)c1C. The molecule has 7 nitrogen and oxygen atoms in total. The van der Waals surface area contributed by atoms with Gasteiger partial charge in [-0.2, -0.15) is 0 Å². The van der Waals surface area contributed by atoms with Crippen LogP contribution in [0.5, 0.6) is 5.75 Å². The Labute approximate surface area is 130 Å². The quantitative estimate of drug-likeness (QED) is 0.748. The van der Waals surface area contributed by atoms with Crippen LogP contribution in [0.25, 0.3) is 0 Å². The summed E-state index contributed by atoms with van der Waals surface area (Å²) in [4.78, 5) is 28.2. The molecule has 1 aromatic rings. The summed E-state index contributed by atoms with van der Waals surface area (Å²) >= 11 is 0. The van der Waals surface area contributed by atoms with Crippen LogP contribution in [-0.2, 0) is 11.3 Å². The van der Waals surface area contributed by atoms with Crippen LogP contribution in [-0.4, -0.2) is 47.7 Å². The Balaban J connectivity index is 2.59. The van der Waals surface area contributed by atoms with Crippen LogP contribution in [0.15, 0.2) is 6.20 Å². The highest BCUT2D eigenvalue weighted by Gasteiger charge is 2.14. The number of aromatic nitrogens is 1. The molecule has 0 fully saturated rings. The lowest BCUT2D eigenvalue weighted by Gasteiger charge is -2.20. The maximum Gasteiger partial charge on any atom is 0.317 e. The molecule has 0 spiro atoms. The first kappa shape index (κ1) is 17.7. The van der Waals surface area contributed by atoms with E-state index in [-0.39, 0.29) is 12.5 Å². The number of amides is 2. The van der Waals surface area contributed by atoms with Gasteiger partial charge in [0, 0.05) is 37.3 Å². The Morgan fingerprint density at radius 3 is 2.68 bits per heavy atom. The van der Waals surface area contributed by atoms with E-state index >= 15 is 0 Å². The van der Waals surface area contributed by atoms with E-state index in [9.17, 15) is 9.59 Å². The Bertz CT molecular complexity index is 546. The molecule has 0 unspecified atom stereocenters. The molecule has 0 aliphatic rings. The van der Waals surface area contributed by atoms with E-state index in [1.807, 2.05) is 13.8 Å². The lowest BCUT2D eigenvalue weighted by molar-refractivity contribution is -0.137. The van der Waals surface area contributed by atoms with E-state index in [4.69, 9.17) is 9.84 Å². The van der Waals surface area contributed by atoms with Crippen LogP contribution >= 0.6 is 0 Å². The maximum absolute atomic E-state index is 11.9. The number of nitrogens with zero attached hydrogens (tertiary/aromatic N) is 2. The first-order valence-corrected chi connectivity index (χ1v) is 7.06. The number of ether oxygens (including phenoxy) is 1. The van der Waals surface area contributed by atoms with Gasteiger partial charge in [-0.05, 0) is 20.3 Å². The average molecular weight is 309 g/mol. The fourth-order valence-corrected chi connectivity index (χ4v) is 2.10. The van der Waals surface area contributed by atoms with Crippen molar-refractivity contribution >= 4 is 12.0 Å². The van der Waals surface area contributed by atoms with Crippen LogP contribution in [0.4, 0.5) is 4.79 Å². The number of hydrogen-bond acceptors (Lipinski definition) is 4. The van der Waals surface area contributed by atoms with Crippen molar-refractivity contribution in [2.24, 2.45) is 0 Å². The van der Waals surface area contributed by atoms with Gasteiger partial charge in [-0.15, -0.1) is 0 Å². The van der Waals surface area contributed by atoms with E-state index in [0.29, 0.717) is 19.5 Å². The number of urea groups is 1. The van der Waals surface area contributed by atoms with Crippen LogP contribution in [0.1, 0.15) is 29.7 Å². The predicted octanol–water partition coefficient (Wildman–Crippen LogP) is 1.71. The van der Waals surface area contributed by atoms with Crippen molar-refractivity contribution in [3.8, 4) is 5.75 Å². The van der Waals surface area contributed by atoms with Crippen LogP contribution < -0.4 is 10.1 Å². The van der Waals surface area contributed by atoms with Crippen molar-refractivity contribution in [2.45, 2.75) is 33.2 Å². The number of carboxylic acids is 1. The van der Waals surface area contributed by atoms with Crippen molar-refractivity contribution in [1.29, 1.82) is 0 Å². The highest BCUT2D eigenvalue weighted by molar-refractivity contribution is 5.74. The maximum atomic E-state index is 11.9. The van der Waals surface area contributed by atoms with Gasteiger partial charge >= 0.3 is 12.0 Å². The third kappa shape index (κ3) is 4.91. The number of hydrogen-bond donors (Lipinski definition) is 2. The van der Waals surface area contributed by atoms with E-state index in [0.717, 1.165) is 22.6 Å². The van der Waals surface area contributed by atoms with Gasteiger partial charge < -0.3 is 20.1 Å². The lowest BCUT2D eigenvalue weighted by Crippen LogP contribution is -2.37. The minimum Gasteiger partial charge on any atom is -0.496 e. The van der Waals surface area contributed by atoms with E-state index in [2.05, 4.69) is 10.3 Å². The predicted molar refractivity (Wildman–Crippen MR) is 82.0 cm³/mol. The second-order valence-corrected chi connectivity index (χ2v) is 5.13. The number of nitrogens with one attached hydrogen (secondary N) is 1. The number of pyridine rings is 1. The number of carbonyl (C=O) groups excluding carboxylic acids is 1. The van der Waals surface area contributed by atoms with Crippen LogP contribution in [0, 0.1) is 13.8 Å². The zero-order chi connectivity index (χ0) is 16.7. The molecule has 22 heavy (non-hydrogen) atoms. The molecule has 7 heteroatoms. The summed E-state index contributed by atoms with van der Waals surface area (Å²) in [6, 6.07) is -0.258. The highest BCUT2D eigenvalue weighted by Crippen LogP contribution is 2.24. The van der Waals surface area contributed by atoms with Crippen molar-refractivity contribution in [1.82, 2.24) is 15.2 Å². The van der Waals surface area contributed by atoms with E-state index in [1.165, 1.54) is 4.90 Å². The normalized spacial score (nSPS) is 10.2. The van der Waals surface area contributed by atoms with Crippen molar-refractivity contribution in [2.75, 3.05) is 20.7 Å². The van der Waals surface area contributed by atoms with Gasteiger partial charge in [0.05, 0.1) is 19.3 Å². The van der Waals surface area contributed by atoms with Gasteiger partial charge in [-0.1, -0.05) is 0 Å². The topological polar surface area (TPSA) is 91.8 Å². The fraction of sp³-hybridized carbons (Fsp3) is 0.533. The highest BCUT2D eigenvalue weighted by atomic mass is 16.5. The van der Waals surface area contributed by atoms with E-state index in [1.54, 1.807) is 20.4 Å². The van der Waals surface area contributed by atoms with Crippen molar-refractivity contribution < 1.29 is 19.4 Å². The summed E-state index contributed by atoms with van der Waals surface area (Å²) < 4.78 is 5.35. The molecule has 0 aliphatic carbocycles. The summed E-state index contributed by atoms with van der Waals surface area (Å²) in [6.45, 7) is 4.51. The van der Waals surface area contributed by atoms with Crippen LogP contribution in [0.2, 0.25) is 0 Å². The minimum absolute atomic E-state index is 0.0415. The summed E-state index contributed by atoms with van der Waals surface area (Å²) in [5, 5.41) is 11.2. The van der Waals surface area contributed by atoms with Crippen molar-refractivity contribution in [3.05, 3.63) is 23.0 Å². The molecule has 0 saturated heterocycles. The molecule has 2 N–H and O–H groups in total. The minimum atomic E-state index is -0.867. The molecule has 0 saturated carbocycles. The Morgan fingerprint density at radius 2 is 2.09 bits per heavy atom. The Morgan fingerprint density at radius 1 is 1.41 bits per heavy atom. The van der Waals surface area contributed by atoms with Gasteiger partial charge in [-0.3, -0.25) is 9.78 Å². The zero-order valence-corrected chi connectivity index (χ0v) is 13.5. The Kier molecular flexibility index (Phi) is 6.62. The third-order valence-corrected chi connectivity index (χ3v) is 3.33. The van der Waals surface area contributed by atoms with Gasteiger partial charge in [0.2, 0.25) is 0 Å². The van der Waals surface area contributed by atoms with Gasteiger partial charge in [0.25, 0.3) is 0 Å². The van der Waals surface area contributed by atoms with E-state index < -0.39 is 5.97 Å². The first-order valence-electron chi connectivity index (χ1n) is 7.06. The van der Waals surface area contributed by atoms with Gasteiger partial charge in [-0.25, -0.2) is 4.79 Å². The summed E-state index contributed by atoms with van der Waals surface area (Å²) in [6.07, 6.45) is 2.17.